The summed E-state index contributed by atoms with van der Waals surface area (Å²) in [6, 6.07) is 3.56. The Labute approximate surface area is 217 Å². The fourth-order valence-electron chi connectivity index (χ4n) is 5.30. The van der Waals surface area contributed by atoms with Crippen molar-refractivity contribution in [1.82, 2.24) is 34.4 Å². The van der Waals surface area contributed by atoms with Crippen LogP contribution in [0.2, 0.25) is 0 Å². The van der Waals surface area contributed by atoms with Gasteiger partial charge in [0.25, 0.3) is 5.56 Å². The van der Waals surface area contributed by atoms with Gasteiger partial charge in [0.2, 0.25) is 5.95 Å². The van der Waals surface area contributed by atoms with E-state index in [1.54, 1.807) is 17.0 Å². The maximum absolute atomic E-state index is 13.2. The molecule has 12 nitrogen and oxygen atoms in total. The third-order valence-corrected chi connectivity index (χ3v) is 7.39. The first-order valence-corrected chi connectivity index (χ1v) is 12.9. The Balaban J connectivity index is 1.43. The molecular weight excluding hydrogens is 486 g/mol. The first-order valence-electron chi connectivity index (χ1n) is 12.9. The van der Waals surface area contributed by atoms with Crippen LogP contribution in [0.1, 0.15) is 32.2 Å². The van der Waals surface area contributed by atoms with Crippen LogP contribution in [0.15, 0.2) is 40.3 Å². The summed E-state index contributed by atoms with van der Waals surface area (Å²) in [6.45, 7) is 6.12. The lowest BCUT2D eigenvalue weighted by molar-refractivity contribution is 0.122. The number of rotatable bonds is 4. The Hall–Kier alpha value is -4.19. The summed E-state index contributed by atoms with van der Waals surface area (Å²) in [5.74, 6) is 1.25. The third-order valence-electron chi connectivity index (χ3n) is 7.39. The number of piperidine rings is 1. The van der Waals surface area contributed by atoms with Crippen LogP contribution >= 0.6 is 0 Å². The number of H-pyrrole nitrogens is 1. The Morgan fingerprint density at radius 2 is 1.79 bits per heavy atom. The topological polar surface area (TPSA) is 146 Å². The van der Waals surface area contributed by atoms with E-state index in [1.165, 1.54) is 6.20 Å². The van der Waals surface area contributed by atoms with Crippen molar-refractivity contribution in [3.05, 3.63) is 51.6 Å². The molecule has 0 bridgehead atoms. The molecule has 6 heterocycles. The van der Waals surface area contributed by atoms with Gasteiger partial charge in [0, 0.05) is 62.8 Å². The minimum absolute atomic E-state index is 0.130. The molecule has 0 aromatic carbocycles. The van der Waals surface area contributed by atoms with E-state index in [1.807, 2.05) is 24.0 Å². The highest BCUT2D eigenvalue weighted by atomic mass is 16.5. The van der Waals surface area contributed by atoms with E-state index in [0.717, 1.165) is 18.7 Å². The number of nitrogens with zero attached hydrogens (tertiary/aromatic N) is 7. The van der Waals surface area contributed by atoms with Crippen LogP contribution in [-0.4, -0.2) is 79.6 Å². The highest BCUT2D eigenvalue weighted by Crippen LogP contribution is 2.29. The lowest BCUT2D eigenvalue weighted by Gasteiger charge is -2.34. The SMILES string of the molecule is CCC(=N)N1CCC(n2c(=O)[nH]c(=O)c3cnc4ccc(-c5cnc(N6CCOCC6)nc5)nc4c32)CC1. The summed E-state index contributed by atoms with van der Waals surface area (Å²) < 4.78 is 7.08. The zero-order chi connectivity index (χ0) is 26.2. The van der Waals surface area contributed by atoms with Gasteiger partial charge in [0.15, 0.2) is 0 Å². The van der Waals surface area contributed by atoms with Crippen LogP contribution < -0.4 is 16.1 Å². The summed E-state index contributed by atoms with van der Waals surface area (Å²) >= 11 is 0. The molecule has 12 heteroatoms. The number of fused-ring (bicyclic) bond motifs is 3. The first-order chi connectivity index (χ1) is 18.5. The maximum atomic E-state index is 13.2. The lowest BCUT2D eigenvalue weighted by Crippen LogP contribution is -2.42. The molecule has 6 rings (SSSR count). The molecule has 0 spiro atoms. The van der Waals surface area contributed by atoms with Gasteiger partial charge >= 0.3 is 5.69 Å². The van der Waals surface area contributed by atoms with Crippen LogP contribution in [0.3, 0.4) is 0 Å². The van der Waals surface area contributed by atoms with E-state index in [4.69, 9.17) is 15.1 Å². The van der Waals surface area contributed by atoms with E-state index in [-0.39, 0.29) is 6.04 Å². The van der Waals surface area contributed by atoms with Crippen LogP contribution in [0, 0.1) is 5.41 Å². The minimum atomic E-state index is -0.480. The molecule has 0 aliphatic carbocycles. The molecule has 0 amide bonds. The summed E-state index contributed by atoms with van der Waals surface area (Å²) in [5.41, 5.74) is 1.99. The third kappa shape index (κ3) is 4.30. The zero-order valence-electron chi connectivity index (χ0n) is 21.2. The second-order valence-electron chi connectivity index (χ2n) is 9.60. The number of pyridine rings is 2. The van der Waals surface area contributed by atoms with Crippen molar-refractivity contribution in [2.45, 2.75) is 32.2 Å². The van der Waals surface area contributed by atoms with Crippen molar-refractivity contribution in [1.29, 1.82) is 5.41 Å². The molecule has 4 aromatic heterocycles. The number of nitrogens with one attached hydrogen (secondary N) is 2. The number of aromatic nitrogens is 6. The number of aromatic amines is 1. The second kappa shape index (κ2) is 9.93. The van der Waals surface area contributed by atoms with Crippen molar-refractivity contribution in [3.63, 3.8) is 0 Å². The van der Waals surface area contributed by atoms with Gasteiger partial charge in [-0.1, -0.05) is 6.92 Å². The van der Waals surface area contributed by atoms with Gasteiger partial charge < -0.3 is 14.5 Å². The first kappa shape index (κ1) is 24.2. The Morgan fingerprint density at radius 1 is 1.05 bits per heavy atom. The number of morpholine rings is 1. The van der Waals surface area contributed by atoms with Gasteiger partial charge in [-0.3, -0.25) is 24.7 Å². The maximum Gasteiger partial charge on any atom is 0.329 e. The van der Waals surface area contributed by atoms with Crippen molar-refractivity contribution in [2.75, 3.05) is 44.3 Å². The second-order valence-corrected chi connectivity index (χ2v) is 9.60. The van der Waals surface area contributed by atoms with E-state index in [9.17, 15) is 9.59 Å². The van der Waals surface area contributed by atoms with Gasteiger partial charge in [0.05, 0.1) is 41.2 Å². The van der Waals surface area contributed by atoms with E-state index in [0.29, 0.717) is 85.0 Å². The molecular formula is C26H29N9O3. The van der Waals surface area contributed by atoms with Gasteiger partial charge in [-0.15, -0.1) is 0 Å². The summed E-state index contributed by atoms with van der Waals surface area (Å²) in [7, 11) is 0. The van der Waals surface area contributed by atoms with E-state index < -0.39 is 11.2 Å². The molecule has 0 atom stereocenters. The molecule has 0 saturated carbocycles. The number of ether oxygens (including phenoxy) is 1. The Kier molecular flexibility index (Phi) is 6.32. The summed E-state index contributed by atoms with van der Waals surface area (Å²) in [5, 5.41) is 8.49. The van der Waals surface area contributed by atoms with Gasteiger partial charge in [0.1, 0.15) is 5.52 Å². The van der Waals surface area contributed by atoms with Crippen LogP contribution in [0.5, 0.6) is 0 Å². The van der Waals surface area contributed by atoms with Crippen molar-refractivity contribution >= 4 is 33.7 Å². The van der Waals surface area contributed by atoms with Crippen LogP contribution in [0.4, 0.5) is 5.95 Å². The molecule has 2 fully saturated rings. The number of hydrogen-bond acceptors (Lipinski definition) is 9. The van der Waals surface area contributed by atoms with Gasteiger partial charge in [-0.2, -0.15) is 0 Å². The highest BCUT2D eigenvalue weighted by molar-refractivity contribution is 6.01. The molecule has 2 aliphatic heterocycles. The number of hydrogen-bond donors (Lipinski definition) is 2. The average molecular weight is 516 g/mol. The summed E-state index contributed by atoms with van der Waals surface area (Å²) in [6.07, 6.45) is 7.03. The number of anilines is 1. The van der Waals surface area contributed by atoms with Crippen molar-refractivity contribution in [2.24, 2.45) is 0 Å². The van der Waals surface area contributed by atoms with Crippen LogP contribution in [0.25, 0.3) is 33.2 Å². The number of likely N-dealkylation sites (tertiary alicyclic amines) is 1. The van der Waals surface area contributed by atoms with E-state index in [2.05, 4.69) is 24.8 Å². The Morgan fingerprint density at radius 3 is 2.50 bits per heavy atom. The largest absolute Gasteiger partial charge is 0.378 e. The monoisotopic (exact) mass is 515 g/mol. The fraction of sp³-hybridized carbons (Fsp3) is 0.423. The van der Waals surface area contributed by atoms with Gasteiger partial charge in [-0.25, -0.2) is 19.7 Å². The molecule has 0 unspecified atom stereocenters. The predicted molar refractivity (Wildman–Crippen MR) is 144 cm³/mol. The molecule has 0 radical (unpaired) electrons. The lowest BCUT2D eigenvalue weighted by atomic mass is 10.0. The molecule has 196 valence electrons. The fourth-order valence-corrected chi connectivity index (χ4v) is 5.30. The quantitative estimate of drug-likeness (QED) is 0.236. The summed E-state index contributed by atoms with van der Waals surface area (Å²) in [4.78, 5) is 51.0. The minimum Gasteiger partial charge on any atom is -0.378 e. The average Bonchev–Trinajstić information content (AvgIpc) is 2.97. The smallest absolute Gasteiger partial charge is 0.329 e. The zero-order valence-corrected chi connectivity index (χ0v) is 21.2. The predicted octanol–water partition coefficient (Wildman–Crippen LogP) is 1.95. The van der Waals surface area contributed by atoms with Crippen molar-refractivity contribution < 1.29 is 4.74 Å². The van der Waals surface area contributed by atoms with E-state index >= 15 is 0 Å². The standard InChI is InChI=1S/C26H29N9O3/c1-2-21(27)33-7-5-17(6-8-33)35-23-18(24(36)32-26(35)37)15-28-20-4-3-19(31-22(20)23)16-13-29-25(30-14-16)34-9-11-38-12-10-34/h3-4,13-15,17,27H,2,5-12H2,1H3,(H,32,36,37). The van der Waals surface area contributed by atoms with Crippen LogP contribution in [-0.2, 0) is 4.74 Å². The molecule has 2 aliphatic rings. The highest BCUT2D eigenvalue weighted by Gasteiger charge is 2.26. The molecule has 38 heavy (non-hydrogen) atoms. The molecule has 4 aromatic rings. The number of amidine groups is 1. The Bertz CT molecular complexity index is 1620. The van der Waals surface area contributed by atoms with Gasteiger partial charge in [-0.05, 0) is 25.0 Å². The normalized spacial score (nSPS) is 16.9. The molecule has 2 N–H and O–H groups in total. The van der Waals surface area contributed by atoms with Crippen molar-refractivity contribution in [3.8, 4) is 11.3 Å². The molecule has 2 saturated heterocycles.